The molecule has 0 fully saturated rings. The summed E-state index contributed by atoms with van der Waals surface area (Å²) in [5.74, 6) is 1.04. The summed E-state index contributed by atoms with van der Waals surface area (Å²) in [7, 11) is -2.53. The van der Waals surface area contributed by atoms with Crippen molar-refractivity contribution < 1.29 is 27.2 Å². The Balaban J connectivity index is 1.61. The van der Waals surface area contributed by atoms with Crippen LogP contribution in [0.15, 0.2) is 27.6 Å². The van der Waals surface area contributed by atoms with Gasteiger partial charge < -0.3 is 19.3 Å². The van der Waals surface area contributed by atoms with Crippen LogP contribution < -0.4 is 14.8 Å². The van der Waals surface area contributed by atoms with Crippen molar-refractivity contribution in [1.29, 1.82) is 0 Å². The van der Waals surface area contributed by atoms with E-state index < -0.39 is 15.9 Å². The zero-order valence-electron chi connectivity index (χ0n) is 14.6. The molecule has 1 aliphatic heterocycles. The first-order valence-electron chi connectivity index (χ1n) is 7.83. The summed E-state index contributed by atoms with van der Waals surface area (Å²) < 4.78 is 41.6. The van der Waals surface area contributed by atoms with Crippen LogP contribution in [0.3, 0.4) is 0 Å². The van der Waals surface area contributed by atoms with Gasteiger partial charge in [0.2, 0.25) is 22.7 Å². The van der Waals surface area contributed by atoms with Gasteiger partial charge >= 0.3 is 0 Å². The van der Waals surface area contributed by atoms with E-state index in [4.69, 9.17) is 14.0 Å². The van der Waals surface area contributed by atoms with Gasteiger partial charge in [0.05, 0.1) is 6.54 Å². The number of aryl methyl sites for hydroxylation is 2. The molecule has 1 aliphatic rings. The predicted octanol–water partition coefficient (Wildman–Crippen LogP) is 0.957. The lowest BCUT2D eigenvalue weighted by Crippen LogP contribution is -2.38. The first-order chi connectivity index (χ1) is 12.3. The van der Waals surface area contributed by atoms with E-state index in [1.165, 1.54) is 20.9 Å². The number of amides is 1. The van der Waals surface area contributed by atoms with E-state index in [1.54, 1.807) is 18.2 Å². The number of hydrogen-bond acceptors (Lipinski definition) is 7. The molecule has 0 radical (unpaired) electrons. The lowest BCUT2D eigenvalue weighted by molar-refractivity contribution is -0.121. The molecule has 26 heavy (non-hydrogen) atoms. The third-order valence-corrected chi connectivity index (χ3v) is 5.98. The van der Waals surface area contributed by atoms with Crippen molar-refractivity contribution in [1.82, 2.24) is 14.8 Å². The molecule has 0 bridgehead atoms. The number of nitrogens with one attached hydrogen (secondary N) is 1. The Hall–Kier alpha value is -2.59. The van der Waals surface area contributed by atoms with Crippen molar-refractivity contribution in [2.75, 3.05) is 20.4 Å². The van der Waals surface area contributed by atoms with Gasteiger partial charge in [-0.1, -0.05) is 11.2 Å². The third-order valence-electron chi connectivity index (χ3n) is 3.93. The number of benzene rings is 1. The van der Waals surface area contributed by atoms with Crippen molar-refractivity contribution >= 4 is 15.9 Å². The Bertz CT molecular complexity index is 918. The molecule has 2 heterocycles. The molecular formula is C16H19N3O6S. The number of nitrogens with zero attached hydrogens (tertiary/aromatic N) is 2. The standard InChI is InChI=1S/C16H19N3O6S/c1-10-16(11(2)25-18-10)26(21,22)19(3)8-15(20)17-7-12-4-5-13-14(6-12)24-9-23-13/h4-6H,7-9H2,1-3H3,(H,17,20). The second-order valence-electron chi connectivity index (χ2n) is 5.88. The van der Waals surface area contributed by atoms with Crippen molar-refractivity contribution in [3.8, 4) is 11.5 Å². The number of aromatic nitrogens is 1. The lowest BCUT2D eigenvalue weighted by atomic mass is 10.2. The Labute approximate surface area is 150 Å². The van der Waals surface area contributed by atoms with Crippen LogP contribution in [0.4, 0.5) is 0 Å². The van der Waals surface area contributed by atoms with Gasteiger partial charge in [-0.05, 0) is 31.5 Å². The number of carbonyl (C=O) groups is 1. The number of likely N-dealkylation sites (N-methyl/N-ethyl adjacent to an activating group) is 1. The number of carbonyl (C=O) groups excluding carboxylic acids is 1. The molecule has 0 unspecified atom stereocenters. The lowest BCUT2D eigenvalue weighted by Gasteiger charge is -2.16. The monoisotopic (exact) mass is 381 g/mol. The first kappa shape index (κ1) is 18.2. The van der Waals surface area contributed by atoms with Crippen molar-refractivity contribution in [3.63, 3.8) is 0 Å². The summed E-state index contributed by atoms with van der Waals surface area (Å²) in [4.78, 5) is 12.1. The molecule has 2 aromatic rings. The smallest absolute Gasteiger partial charge is 0.248 e. The minimum atomic E-state index is -3.86. The van der Waals surface area contributed by atoms with Crippen LogP contribution >= 0.6 is 0 Å². The maximum absolute atomic E-state index is 12.6. The van der Waals surface area contributed by atoms with Gasteiger partial charge in [0, 0.05) is 13.6 Å². The highest BCUT2D eigenvalue weighted by Crippen LogP contribution is 2.32. The topological polar surface area (TPSA) is 111 Å². The molecule has 0 saturated heterocycles. The summed E-state index contributed by atoms with van der Waals surface area (Å²) in [5, 5.41) is 6.33. The van der Waals surface area contributed by atoms with Crippen LogP contribution in [-0.2, 0) is 21.4 Å². The number of hydrogen-bond donors (Lipinski definition) is 1. The largest absolute Gasteiger partial charge is 0.454 e. The van der Waals surface area contributed by atoms with Crippen LogP contribution in [-0.4, -0.2) is 44.2 Å². The highest BCUT2D eigenvalue weighted by atomic mass is 32.2. The van der Waals surface area contributed by atoms with Crippen molar-refractivity contribution in [3.05, 3.63) is 35.2 Å². The number of ether oxygens (including phenoxy) is 2. The molecule has 1 aromatic heterocycles. The third kappa shape index (κ3) is 3.51. The average molecular weight is 381 g/mol. The second-order valence-corrected chi connectivity index (χ2v) is 7.86. The Morgan fingerprint density at radius 3 is 2.69 bits per heavy atom. The van der Waals surface area contributed by atoms with Gasteiger partial charge in [0.1, 0.15) is 10.6 Å². The molecule has 1 amide bonds. The molecule has 3 rings (SSSR count). The van der Waals surface area contributed by atoms with E-state index in [2.05, 4.69) is 10.5 Å². The van der Waals surface area contributed by atoms with Crippen LogP contribution in [0.5, 0.6) is 11.5 Å². The molecule has 0 saturated carbocycles. The van der Waals surface area contributed by atoms with Gasteiger partial charge in [0.25, 0.3) is 0 Å². The van der Waals surface area contributed by atoms with E-state index in [9.17, 15) is 13.2 Å². The maximum Gasteiger partial charge on any atom is 0.248 e. The fourth-order valence-electron chi connectivity index (χ4n) is 2.59. The maximum atomic E-state index is 12.6. The predicted molar refractivity (Wildman–Crippen MR) is 90.2 cm³/mol. The van der Waals surface area contributed by atoms with E-state index in [1.807, 2.05) is 0 Å². The van der Waals surface area contributed by atoms with E-state index in [0.29, 0.717) is 11.5 Å². The van der Waals surface area contributed by atoms with E-state index >= 15 is 0 Å². The zero-order valence-corrected chi connectivity index (χ0v) is 15.4. The van der Waals surface area contributed by atoms with Crippen molar-refractivity contribution in [2.24, 2.45) is 0 Å². The Morgan fingerprint density at radius 1 is 1.27 bits per heavy atom. The summed E-state index contributed by atoms with van der Waals surface area (Å²) in [6.45, 7) is 3.15. The molecule has 0 atom stereocenters. The second kappa shape index (κ2) is 6.96. The van der Waals surface area contributed by atoms with E-state index in [0.717, 1.165) is 9.87 Å². The summed E-state index contributed by atoms with van der Waals surface area (Å²) in [6, 6.07) is 5.34. The SMILES string of the molecule is Cc1noc(C)c1S(=O)(=O)N(C)CC(=O)NCc1ccc2c(c1)OCO2. The van der Waals surface area contributed by atoms with Crippen molar-refractivity contribution in [2.45, 2.75) is 25.3 Å². The average Bonchev–Trinajstić information content (AvgIpc) is 3.18. The van der Waals surface area contributed by atoms with Crippen LogP contribution in [0.2, 0.25) is 0 Å². The fraction of sp³-hybridized carbons (Fsp3) is 0.375. The minimum Gasteiger partial charge on any atom is -0.454 e. The van der Waals surface area contributed by atoms with Crippen LogP contribution in [0.25, 0.3) is 0 Å². The molecule has 0 spiro atoms. The molecule has 140 valence electrons. The molecule has 0 aliphatic carbocycles. The van der Waals surface area contributed by atoms with E-state index in [-0.39, 0.29) is 36.2 Å². The van der Waals surface area contributed by atoms with Crippen LogP contribution in [0, 0.1) is 13.8 Å². The quantitative estimate of drug-likeness (QED) is 0.793. The normalized spacial score (nSPS) is 13.2. The number of rotatable bonds is 6. The molecule has 1 aromatic carbocycles. The van der Waals surface area contributed by atoms with Gasteiger partial charge in [-0.25, -0.2) is 8.42 Å². The summed E-state index contributed by atoms with van der Waals surface area (Å²) in [5.41, 5.74) is 1.08. The Morgan fingerprint density at radius 2 is 2.00 bits per heavy atom. The fourth-order valence-corrected chi connectivity index (χ4v) is 4.00. The summed E-state index contributed by atoms with van der Waals surface area (Å²) in [6.07, 6.45) is 0. The van der Waals surface area contributed by atoms with Crippen LogP contribution in [0.1, 0.15) is 17.0 Å². The van der Waals surface area contributed by atoms with Gasteiger partial charge in [0.15, 0.2) is 17.3 Å². The van der Waals surface area contributed by atoms with Gasteiger partial charge in [-0.15, -0.1) is 0 Å². The Kier molecular flexibility index (Phi) is 4.88. The molecule has 9 nitrogen and oxygen atoms in total. The molecular weight excluding hydrogens is 362 g/mol. The zero-order chi connectivity index (χ0) is 18.9. The highest BCUT2D eigenvalue weighted by molar-refractivity contribution is 7.89. The molecule has 10 heteroatoms. The summed E-state index contributed by atoms with van der Waals surface area (Å²) >= 11 is 0. The van der Waals surface area contributed by atoms with Gasteiger partial charge in [-0.2, -0.15) is 4.31 Å². The number of fused-ring (bicyclic) bond motifs is 1. The molecule has 1 N–H and O–H groups in total. The minimum absolute atomic E-state index is 0.0106. The van der Waals surface area contributed by atoms with Gasteiger partial charge in [-0.3, -0.25) is 4.79 Å². The first-order valence-corrected chi connectivity index (χ1v) is 9.27. The number of sulfonamides is 1. The highest BCUT2D eigenvalue weighted by Gasteiger charge is 2.29.